The lowest BCUT2D eigenvalue weighted by atomic mass is 9.79. The number of para-hydroxylation sites is 1. The standard InChI is InChI=1S/C14H21BO3/c1-13(2,3)10-8-7-9-11(14(4,5)6)12(10)18-15(16)17/h7-9H,1-6H3/q-2. The van der Waals surface area contributed by atoms with Crippen molar-refractivity contribution >= 4 is 7.32 Å². The van der Waals surface area contributed by atoms with Crippen molar-refractivity contribution in [3.05, 3.63) is 29.3 Å². The average Bonchev–Trinajstić information content (AvgIpc) is 2.13. The van der Waals surface area contributed by atoms with Gasteiger partial charge in [-0.15, -0.1) is 0 Å². The van der Waals surface area contributed by atoms with E-state index in [1.807, 2.05) is 59.7 Å². The molecule has 1 aromatic carbocycles. The average molecular weight is 248 g/mol. The molecule has 0 radical (unpaired) electrons. The Balaban J connectivity index is 3.45. The highest BCUT2D eigenvalue weighted by Crippen LogP contribution is 2.39. The van der Waals surface area contributed by atoms with Crippen molar-refractivity contribution in [1.82, 2.24) is 0 Å². The Morgan fingerprint density at radius 3 is 1.56 bits per heavy atom. The van der Waals surface area contributed by atoms with Crippen LogP contribution in [-0.2, 0) is 10.8 Å². The lowest BCUT2D eigenvalue weighted by Crippen LogP contribution is -2.51. The first-order valence-corrected chi connectivity index (χ1v) is 6.16. The summed E-state index contributed by atoms with van der Waals surface area (Å²) in [6.45, 7) is 12.2. The molecule has 0 atom stereocenters. The summed E-state index contributed by atoms with van der Waals surface area (Å²) in [6.07, 6.45) is 0. The van der Waals surface area contributed by atoms with E-state index < -0.39 is 7.32 Å². The van der Waals surface area contributed by atoms with Crippen molar-refractivity contribution in [2.75, 3.05) is 0 Å². The van der Waals surface area contributed by atoms with Gasteiger partial charge in [-0.1, -0.05) is 59.7 Å². The minimum Gasteiger partial charge on any atom is -0.860 e. The third kappa shape index (κ3) is 3.50. The van der Waals surface area contributed by atoms with Gasteiger partial charge in [0.25, 0.3) is 0 Å². The maximum absolute atomic E-state index is 10.9. The molecule has 0 saturated carbocycles. The van der Waals surface area contributed by atoms with E-state index >= 15 is 0 Å². The van der Waals surface area contributed by atoms with E-state index in [1.165, 1.54) is 0 Å². The van der Waals surface area contributed by atoms with Crippen LogP contribution < -0.4 is 14.7 Å². The van der Waals surface area contributed by atoms with Crippen molar-refractivity contribution < 1.29 is 14.7 Å². The van der Waals surface area contributed by atoms with Crippen LogP contribution >= 0.6 is 0 Å². The third-order valence-corrected chi connectivity index (χ3v) is 2.85. The summed E-state index contributed by atoms with van der Waals surface area (Å²) in [6, 6.07) is 5.76. The first-order valence-electron chi connectivity index (χ1n) is 6.16. The molecule has 0 unspecified atom stereocenters. The van der Waals surface area contributed by atoms with E-state index in [4.69, 9.17) is 4.65 Å². The van der Waals surface area contributed by atoms with Crippen LogP contribution in [0.4, 0.5) is 0 Å². The predicted molar refractivity (Wildman–Crippen MR) is 70.2 cm³/mol. The van der Waals surface area contributed by atoms with Crippen LogP contribution in [0.3, 0.4) is 0 Å². The summed E-state index contributed by atoms with van der Waals surface area (Å²) in [5.41, 5.74) is 1.44. The van der Waals surface area contributed by atoms with Crippen LogP contribution in [0, 0.1) is 0 Å². The van der Waals surface area contributed by atoms with Crippen LogP contribution in [0.15, 0.2) is 18.2 Å². The van der Waals surface area contributed by atoms with Gasteiger partial charge in [0.15, 0.2) is 0 Å². The van der Waals surface area contributed by atoms with Crippen molar-refractivity contribution in [1.29, 1.82) is 0 Å². The molecule has 0 aliphatic carbocycles. The van der Waals surface area contributed by atoms with E-state index in [0.29, 0.717) is 5.75 Å². The first kappa shape index (κ1) is 15.1. The molecule has 1 rings (SSSR count). The normalized spacial score (nSPS) is 12.4. The quantitative estimate of drug-likeness (QED) is 0.742. The molecule has 0 aromatic heterocycles. The molecule has 0 heterocycles. The molecule has 0 N–H and O–H groups in total. The molecule has 0 spiro atoms. The minimum absolute atomic E-state index is 0.175. The maximum Gasteiger partial charge on any atom is 0.133 e. The second-order valence-electron chi connectivity index (χ2n) is 6.59. The van der Waals surface area contributed by atoms with Gasteiger partial charge in [-0.05, 0) is 22.0 Å². The number of benzene rings is 1. The SMILES string of the molecule is CC(C)(C)c1cccc(C(C)(C)C)c1OB([O-])[O-]. The summed E-state index contributed by atoms with van der Waals surface area (Å²) in [7, 11) is -2.30. The van der Waals surface area contributed by atoms with Gasteiger partial charge in [0.2, 0.25) is 0 Å². The highest BCUT2D eigenvalue weighted by atomic mass is 16.6. The fourth-order valence-corrected chi connectivity index (χ4v) is 1.94. The van der Waals surface area contributed by atoms with Crippen molar-refractivity contribution in [3.63, 3.8) is 0 Å². The zero-order valence-corrected chi connectivity index (χ0v) is 12.0. The van der Waals surface area contributed by atoms with Gasteiger partial charge in [0, 0.05) is 0 Å². The molecule has 18 heavy (non-hydrogen) atoms. The van der Waals surface area contributed by atoms with E-state index in [1.54, 1.807) is 0 Å². The molecule has 0 saturated heterocycles. The van der Waals surface area contributed by atoms with Gasteiger partial charge in [-0.3, -0.25) is 0 Å². The van der Waals surface area contributed by atoms with Crippen molar-refractivity contribution in [2.45, 2.75) is 52.4 Å². The van der Waals surface area contributed by atoms with Crippen molar-refractivity contribution in [3.8, 4) is 5.75 Å². The van der Waals surface area contributed by atoms with Crippen molar-refractivity contribution in [2.24, 2.45) is 0 Å². The second-order valence-corrected chi connectivity index (χ2v) is 6.59. The summed E-state index contributed by atoms with van der Waals surface area (Å²) in [4.78, 5) is 0. The molecule has 0 aliphatic rings. The summed E-state index contributed by atoms with van der Waals surface area (Å²) in [5.74, 6) is 0.451. The fraction of sp³-hybridized carbons (Fsp3) is 0.571. The zero-order valence-electron chi connectivity index (χ0n) is 12.0. The van der Waals surface area contributed by atoms with Gasteiger partial charge in [0.1, 0.15) is 13.1 Å². The minimum atomic E-state index is -2.30. The first-order chi connectivity index (χ1) is 8.03. The Morgan fingerprint density at radius 2 is 1.28 bits per heavy atom. The lowest BCUT2D eigenvalue weighted by molar-refractivity contribution is -0.372. The lowest BCUT2D eigenvalue weighted by Gasteiger charge is -2.35. The zero-order chi connectivity index (χ0) is 14.1. The molecule has 1 aromatic rings. The summed E-state index contributed by atoms with van der Waals surface area (Å²) < 4.78 is 5.02. The van der Waals surface area contributed by atoms with E-state index in [9.17, 15) is 10.0 Å². The van der Waals surface area contributed by atoms with Crippen LogP contribution in [0.5, 0.6) is 5.75 Å². The molecule has 0 aliphatic heterocycles. The van der Waals surface area contributed by atoms with Gasteiger partial charge in [0.05, 0.1) is 0 Å². The van der Waals surface area contributed by atoms with Gasteiger partial charge in [-0.2, -0.15) is 0 Å². The number of hydrogen-bond donors (Lipinski definition) is 0. The fourth-order valence-electron chi connectivity index (χ4n) is 1.94. The van der Waals surface area contributed by atoms with Gasteiger partial charge >= 0.3 is 0 Å². The third-order valence-electron chi connectivity index (χ3n) is 2.85. The topological polar surface area (TPSA) is 55.3 Å². The monoisotopic (exact) mass is 248 g/mol. The van der Waals surface area contributed by atoms with Crippen LogP contribution in [0.2, 0.25) is 0 Å². The van der Waals surface area contributed by atoms with E-state index in [0.717, 1.165) is 11.1 Å². The molecule has 0 amide bonds. The maximum atomic E-state index is 10.9. The molecular formula is C14H21BO3-2. The Bertz CT molecular complexity index is 382. The highest BCUT2D eigenvalue weighted by molar-refractivity contribution is 6.29. The Morgan fingerprint density at radius 1 is 0.889 bits per heavy atom. The Hall–Kier alpha value is -0.995. The largest absolute Gasteiger partial charge is 0.860 e. The number of rotatable bonds is 2. The smallest absolute Gasteiger partial charge is 0.133 e. The molecule has 0 bridgehead atoms. The molecular weight excluding hydrogens is 227 g/mol. The van der Waals surface area contributed by atoms with Crippen LogP contribution in [0.1, 0.15) is 52.7 Å². The second kappa shape index (κ2) is 4.94. The summed E-state index contributed by atoms with van der Waals surface area (Å²) >= 11 is 0. The number of hydrogen-bond acceptors (Lipinski definition) is 3. The molecule has 3 nitrogen and oxygen atoms in total. The highest BCUT2D eigenvalue weighted by Gasteiger charge is 2.25. The Labute approximate surface area is 110 Å². The Kier molecular flexibility index (Phi) is 4.14. The van der Waals surface area contributed by atoms with Gasteiger partial charge in [-0.25, -0.2) is 0 Å². The van der Waals surface area contributed by atoms with Gasteiger partial charge < -0.3 is 14.7 Å². The molecule has 4 heteroatoms. The van der Waals surface area contributed by atoms with E-state index in [-0.39, 0.29) is 10.8 Å². The molecule has 100 valence electrons. The molecule has 0 fully saturated rings. The van der Waals surface area contributed by atoms with Crippen LogP contribution in [0.25, 0.3) is 0 Å². The summed E-state index contributed by atoms with van der Waals surface area (Å²) in [5, 5.41) is 21.8. The predicted octanol–water partition coefficient (Wildman–Crippen LogP) is 1.37. The van der Waals surface area contributed by atoms with E-state index in [2.05, 4.69) is 0 Å². The van der Waals surface area contributed by atoms with Crippen LogP contribution in [-0.4, -0.2) is 7.32 Å².